The Morgan fingerprint density at radius 1 is 0.750 bits per heavy atom. The molecule has 0 aliphatic carbocycles. The molecule has 218 valence electrons. The summed E-state index contributed by atoms with van der Waals surface area (Å²) in [5, 5.41) is 2.95. The van der Waals surface area contributed by atoms with E-state index in [1.54, 1.807) is 37.7 Å². The van der Waals surface area contributed by atoms with Crippen molar-refractivity contribution in [2.24, 2.45) is 0 Å². The number of carbonyl (C=O) groups is 1. The minimum atomic E-state index is -0.283. The van der Waals surface area contributed by atoms with Crippen LogP contribution in [-0.4, -0.2) is 48.9 Å². The summed E-state index contributed by atoms with van der Waals surface area (Å²) in [6, 6.07) is 23.9. The molecule has 0 radical (unpaired) electrons. The van der Waals surface area contributed by atoms with E-state index in [9.17, 15) is 4.79 Å². The minimum Gasteiger partial charge on any atom is -0.497 e. The van der Waals surface area contributed by atoms with Gasteiger partial charge in [0.05, 0.1) is 36.9 Å². The number of fused-ring (bicyclic) bond motifs is 2. The second-order valence-electron chi connectivity index (χ2n) is 9.56. The average Bonchev–Trinajstić information content (AvgIpc) is 3.70. The van der Waals surface area contributed by atoms with Crippen LogP contribution < -0.4 is 20.5 Å². The Balaban J connectivity index is 0.000000181. The highest BCUT2D eigenvalue weighted by molar-refractivity contribution is 6.08. The summed E-state index contributed by atoms with van der Waals surface area (Å²) in [7, 11) is 3.08. The van der Waals surface area contributed by atoms with Crippen LogP contribution in [0.2, 0.25) is 0 Å². The zero-order valence-electron chi connectivity index (χ0n) is 24.0. The molecule has 1 amide bonds. The average molecular weight is 585 g/mol. The molecule has 0 aliphatic rings. The maximum atomic E-state index is 12.9. The maximum Gasteiger partial charge on any atom is 0.259 e. The van der Waals surface area contributed by atoms with Gasteiger partial charge in [-0.1, -0.05) is 36.4 Å². The number of benzene rings is 3. The Kier molecular flexibility index (Phi) is 7.82. The fourth-order valence-electron chi connectivity index (χ4n) is 4.64. The van der Waals surface area contributed by atoms with Crippen molar-refractivity contribution in [3.63, 3.8) is 0 Å². The van der Waals surface area contributed by atoms with Crippen LogP contribution in [0, 0.1) is 0 Å². The number of nitrogens with zero attached hydrogens (tertiary/aromatic N) is 6. The van der Waals surface area contributed by atoms with E-state index in [0.717, 1.165) is 28.2 Å². The predicted molar refractivity (Wildman–Crippen MR) is 169 cm³/mol. The third-order valence-corrected chi connectivity index (χ3v) is 6.81. The number of anilines is 2. The molecule has 0 saturated carbocycles. The van der Waals surface area contributed by atoms with Gasteiger partial charge in [0.15, 0.2) is 0 Å². The number of hydrogen-bond acceptors (Lipinski definition) is 8. The van der Waals surface area contributed by atoms with Gasteiger partial charge in [0.25, 0.3) is 5.91 Å². The fraction of sp³-hybridized carbons (Fsp3) is 0.0606. The number of aromatic nitrogens is 6. The van der Waals surface area contributed by atoms with E-state index in [1.165, 1.54) is 7.11 Å². The Morgan fingerprint density at radius 3 is 1.98 bits per heavy atom. The summed E-state index contributed by atoms with van der Waals surface area (Å²) >= 11 is 0. The molecule has 3 aromatic carbocycles. The lowest BCUT2D eigenvalue weighted by atomic mass is 10.1. The number of para-hydroxylation sites is 2. The lowest BCUT2D eigenvalue weighted by Gasteiger charge is -2.12. The van der Waals surface area contributed by atoms with E-state index in [0.29, 0.717) is 34.3 Å². The van der Waals surface area contributed by atoms with E-state index in [-0.39, 0.29) is 5.91 Å². The van der Waals surface area contributed by atoms with Crippen LogP contribution in [0.1, 0.15) is 10.4 Å². The predicted octanol–water partition coefficient (Wildman–Crippen LogP) is 5.64. The van der Waals surface area contributed by atoms with E-state index >= 15 is 0 Å². The van der Waals surface area contributed by atoms with Crippen LogP contribution in [0.4, 0.5) is 11.4 Å². The van der Waals surface area contributed by atoms with Gasteiger partial charge in [0.1, 0.15) is 11.5 Å². The minimum absolute atomic E-state index is 0.283. The highest BCUT2D eigenvalue weighted by Gasteiger charge is 2.17. The molecule has 7 aromatic rings. The van der Waals surface area contributed by atoms with Gasteiger partial charge in [-0.3, -0.25) is 13.6 Å². The van der Waals surface area contributed by atoms with E-state index in [1.807, 2.05) is 94.3 Å². The van der Waals surface area contributed by atoms with Crippen molar-refractivity contribution in [2.45, 2.75) is 0 Å². The highest BCUT2D eigenvalue weighted by Crippen LogP contribution is 2.30. The second-order valence-corrected chi connectivity index (χ2v) is 9.56. The summed E-state index contributed by atoms with van der Waals surface area (Å²) in [5.74, 6) is 2.04. The van der Waals surface area contributed by atoms with Gasteiger partial charge in [-0.2, -0.15) is 0 Å². The quantitative estimate of drug-likeness (QED) is 0.240. The first-order valence-corrected chi connectivity index (χ1v) is 13.6. The lowest BCUT2D eigenvalue weighted by molar-refractivity contribution is 0.102. The van der Waals surface area contributed by atoms with Crippen LogP contribution in [0.3, 0.4) is 0 Å². The van der Waals surface area contributed by atoms with Gasteiger partial charge >= 0.3 is 0 Å². The molecule has 11 heteroatoms. The number of nitrogens with two attached hydrogens (primary N) is 1. The summed E-state index contributed by atoms with van der Waals surface area (Å²) in [6.07, 6.45) is 11.0. The monoisotopic (exact) mass is 584 g/mol. The zero-order valence-corrected chi connectivity index (χ0v) is 24.0. The normalized spacial score (nSPS) is 10.7. The van der Waals surface area contributed by atoms with Gasteiger partial charge in [-0.25, -0.2) is 19.9 Å². The summed E-state index contributed by atoms with van der Waals surface area (Å²) in [5.41, 5.74) is 11.0. The number of rotatable bonds is 6. The van der Waals surface area contributed by atoms with Crippen molar-refractivity contribution in [1.29, 1.82) is 0 Å². The summed E-state index contributed by atoms with van der Waals surface area (Å²) in [6.45, 7) is 0. The molecule has 0 spiro atoms. The van der Waals surface area contributed by atoms with Gasteiger partial charge in [-0.05, 0) is 36.4 Å². The van der Waals surface area contributed by atoms with E-state index in [2.05, 4.69) is 25.3 Å². The molecule has 4 aromatic heterocycles. The largest absolute Gasteiger partial charge is 0.497 e. The Labute approximate surface area is 252 Å². The molecule has 0 aliphatic heterocycles. The van der Waals surface area contributed by atoms with Crippen LogP contribution in [0.15, 0.2) is 116 Å². The first kappa shape index (κ1) is 27.9. The standard InChI is InChI=1S/C21H18N4O3.C12H10N4/c1-27-14-8-9-16(19(12-14)28-2)20(26)23-17-7-4-3-6-15(17)18-13-25-11-5-10-22-21(25)24-18;13-10-5-2-1-4-9(10)11-8-16-7-3-6-14-12(16)15-11/h3-13H,1-2H3,(H,23,26);1-8H,13H2. The lowest BCUT2D eigenvalue weighted by Crippen LogP contribution is -2.14. The first-order chi connectivity index (χ1) is 21.5. The molecule has 3 N–H and O–H groups in total. The summed E-state index contributed by atoms with van der Waals surface area (Å²) < 4.78 is 14.2. The number of amides is 1. The first-order valence-electron chi connectivity index (χ1n) is 13.6. The van der Waals surface area contributed by atoms with Crippen LogP contribution >= 0.6 is 0 Å². The molecule has 0 atom stereocenters. The van der Waals surface area contributed by atoms with Crippen molar-refractivity contribution in [1.82, 2.24) is 28.7 Å². The van der Waals surface area contributed by atoms with Gasteiger partial charge < -0.3 is 20.5 Å². The van der Waals surface area contributed by atoms with Crippen molar-refractivity contribution in [2.75, 3.05) is 25.3 Å². The van der Waals surface area contributed by atoms with E-state index in [4.69, 9.17) is 15.2 Å². The molecule has 4 heterocycles. The van der Waals surface area contributed by atoms with Crippen molar-refractivity contribution in [3.05, 3.63) is 122 Å². The number of carbonyl (C=O) groups excluding carboxylic acids is 1. The highest BCUT2D eigenvalue weighted by atomic mass is 16.5. The van der Waals surface area contributed by atoms with E-state index < -0.39 is 0 Å². The molecule has 11 nitrogen and oxygen atoms in total. The Hall–Kier alpha value is -6.23. The fourth-order valence-corrected chi connectivity index (χ4v) is 4.64. The van der Waals surface area contributed by atoms with Gasteiger partial charge in [0, 0.05) is 60.1 Å². The molecule has 44 heavy (non-hydrogen) atoms. The number of nitrogen functional groups attached to an aromatic ring is 1. The van der Waals surface area contributed by atoms with Crippen LogP contribution in [0.5, 0.6) is 11.5 Å². The summed E-state index contributed by atoms with van der Waals surface area (Å²) in [4.78, 5) is 30.2. The maximum absolute atomic E-state index is 12.9. The van der Waals surface area contributed by atoms with Gasteiger partial charge in [0.2, 0.25) is 11.6 Å². The van der Waals surface area contributed by atoms with Crippen LogP contribution in [-0.2, 0) is 0 Å². The molecule has 0 fully saturated rings. The van der Waals surface area contributed by atoms with Crippen LogP contribution in [0.25, 0.3) is 34.1 Å². The number of nitrogens with one attached hydrogen (secondary N) is 1. The number of methoxy groups -OCH3 is 2. The molecule has 0 bridgehead atoms. The van der Waals surface area contributed by atoms with Crippen molar-refractivity contribution < 1.29 is 14.3 Å². The molecular formula is C33H28N8O3. The Bertz CT molecular complexity index is 2020. The third kappa shape index (κ3) is 5.74. The smallest absolute Gasteiger partial charge is 0.259 e. The molecule has 7 rings (SSSR count). The molecule has 0 saturated heterocycles. The Morgan fingerprint density at radius 2 is 1.36 bits per heavy atom. The van der Waals surface area contributed by atoms with Crippen molar-refractivity contribution >= 4 is 28.8 Å². The molecular weight excluding hydrogens is 556 g/mol. The van der Waals surface area contributed by atoms with Gasteiger partial charge in [-0.15, -0.1) is 0 Å². The number of ether oxygens (including phenoxy) is 2. The second kappa shape index (κ2) is 12.3. The number of hydrogen-bond donors (Lipinski definition) is 2. The zero-order chi connectivity index (χ0) is 30.5. The molecule has 0 unspecified atom stereocenters. The SMILES string of the molecule is COc1ccc(C(=O)Nc2ccccc2-c2cn3cccnc3n2)c(OC)c1.Nc1ccccc1-c1cn2cccnc2n1. The number of imidazole rings is 2. The topological polar surface area (TPSA) is 134 Å². The van der Waals surface area contributed by atoms with Crippen molar-refractivity contribution in [3.8, 4) is 34.0 Å². The third-order valence-electron chi connectivity index (χ3n) is 6.81.